The number of benzene rings is 2. The third-order valence-electron chi connectivity index (χ3n) is 4.68. The van der Waals surface area contributed by atoms with Crippen molar-refractivity contribution in [2.45, 2.75) is 10.8 Å². The molecule has 0 radical (unpaired) electrons. The molecule has 5 nitrogen and oxygen atoms in total. The van der Waals surface area contributed by atoms with Crippen LogP contribution in [0.5, 0.6) is 11.5 Å². The number of methoxy groups -OCH3 is 2. The number of hydrogen-bond acceptors (Lipinski definition) is 7. The number of nitriles is 1. The van der Waals surface area contributed by atoms with Gasteiger partial charge >= 0.3 is 0 Å². The van der Waals surface area contributed by atoms with Crippen molar-refractivity contribution in [1.29, 1.82) is 5.26 Å². The number of hydrogen-bond donors (Lipinski definition) is 0. The summed E-state index contributed by atoms with van der Waals surface area (Å²) in [5.74, 6) is 2.19. The van der Waals surface area contributed by atoms with Crippen molar-refractivity contribution in [3.63, 3.8) is 0 Å². The lowest BCUT2D eigenvalue weighted by Crippen LogP contribution is -1.91. The second kappa shape index (κ2) is 9.65. The molecule has 0 spiro atoms. The Hall–Kier alpha value is -3.34. The number of thiazole rings is 1. The van der Waals surface area contributed by atoms with E-state index in [1.54, 1.807) is 43.5 Å². The first-order valence-electron chi connectivity index (χ1n) is 9.47. The Bertz CT molecular complexity index is 1250. The van der Waals surface area contributed by atoms with Crippen LogP contribution in [-0.2, 0) is 5.75 Å². The quantitative estimate of drug-likeness (QED) is 0.322. The summed E-state index contributed by atoms with van der Waals surface area (Å²) in [6.07, 6.45) is 1.79. The Kier molecular flexibility index (Phi) is 6.51. The smallest absolute Gasteiger partial charge is 0.128 e. The van der Waals surface area contributed by atoms with E-state index >= 15 is 0 Å². The minimum atomic E-state index is 0.685. The van der Waals surface area contributed by atoms with Gasteiger partial charge in [-0.15, -0.1) is 23.1 Å². The number of rotatable bonds is 7. The summed E-state index contributed by atoms with van der Waals surface area (Å²) in [6.45, 7) is 0. The molecule has 0 fully saturated rings. The first-order valence-corrected chi connectivity index (χ1v) is 11.3. The van der Waals surface area contributed by atoms with Crippen molar-refractivity contribution in [3.8, 4) is 39.4 Å². The Balaban J connectivity index is 1.57. The molecule has 0 bridgehead atoms. The van der Waals surface area contributed by atoms with Crippen LogP contribution in [0.3, 0.4) is 0 Å². The number of aromatic nitrogens is 2. The molecule has 7 heteroatoms. The van der Waals surface area contributed by atoms with Gasteiger partial charge in [-0.05, 0) is 42.0 Å². The van der Waals surface area contributed by atoms with Crippen LogP contribution in [0.15, 0.2) is 71.2 Å². The van der Waals surface area contributed by atoms with E-state index in [4.69, 9.17) is 14.5 Å². The Morgan fingerprint density at radius 1 is 1.06 bits per heavy atom. The molecule has 0 saturated carbocycles. The van der Waals surface area contributed by atoms with Gasteiger partial charge in [-0.1, -0.05) is 18.2 Å². The minimum Gasteiger partial charge on any atom is -0.497 e. The van der Waals surface area contributed by atoms with Gasteiger partial charge in [0.15, 0.2) is 0 Å². The van der Waals surface area contributed by atoms with E-state index < -0.39 is 0 Å². The fourth-order valence-corrected chi connectivity index (χ4v) is 4.79. The first-order chi connectivity index (χ1) is 15.2. The third kappa shape index (κ3) is 4.71. The van der Waals surface area contributed by atoms with Crippen molar-refractivity contribution < 1.29 is 9.47 Å². The number of thioether (sulfide) groups is 1. The van der Waals surface area contributed by atoms with Gasteiger partial charge in [-0.25, -0.2) is 9.97 Å². The first kappa shape index (κ1) is 20.9. The van der Waals surface area contributed by atoms with Gasteiger partial charge in [-0.3, -0.25) is 0 Å². The molecule has 0 amide bonds. The second-order valence-electron chi connectivity index (χ2n) is 6.54. The zero-order valence-corrected chi connectivity index (χ0v) is 18.7. The average molecular weight is 446 g/mol. The summed E-state index contributed by atoms with van der Waals surface area (Å²) < 4.78 is 10.9. The topological polar surface area (TPSA) is 68.0 Å². The molecule has 4 rings (SSSR count). The van der Waals surface area contributed by atoms with Crippen LogP contribution in [0.25, 0.3) is 21.8 Å². The van der Waals surface area contributed by atoms with E-state index in [0.717, 1.165) is 43.9 Å². The lowest BCUT2D eigenvalue weighted by Gasteiger charge is -2.08. The molecular weight excluding hydrogens is 426 g/mol. The zero-order valence-electron chi connectivity index (χ0n) is 17.0. The summed E-state index contributed by atoms with van der Waals surface area (Å²) >= 11 is 3.18. The standard InChI is InChI=1S/C24H19N3O2S2/c1-28-19-7-8-22(29-2)20(12-19)21-15-31-24(27-21)16-9-10-26-23(11-16)30-14-18-6-4-3-5-17(18)13-25/h3-12,15H,14H2,1-2H3. The van der Waals surface area contributed by atoms with Gasteiger partial charge in [0.25, 0.3) is 0 Å². The van der Waals surface area contributed by atoms with Gasteiger partial charge in [0.1, 0.15) is 16.5 Å². The molecule has 0 aliphatic carbocycles. The van der Waals surface area contributed by atoms with Crippen LogP contribution in [0.1, 0.15) is 11.1 Å². The minimum absolute atomic E-state index is 0.685. The van der Waals surface area contributed by atoms with Crippen molar-refractivity contribution in [2.75, 3.05) is 14.2 Å². The molecule has 4 aromatic rings. The van der Waals surface area contributed by atoms with Crippen LogP contribution in [0.2, 0.25) is 0 Å². The molecule has 2 aromatic heterocycles. The molecule has 154 valence electrons. The lowest BCUT2D eigenvalue weighted by molar-refractivity contribution is 0.404. The van der Waals surface area contributed by atoms with E-state index in [-0.39, 0.29) is 0 Å². The van der Waals surface area contributed by atoms with Crippen LogP contribution in [-0.4, -0.2) is 24.2 Å². The Morgan fingerprint density at radius 3 is 2.74 bits per heavy atom. The van der Waals surface area contributed by atoms with Crippen LogP contribution in [0.4, 0.5) is 0 Å². The highest BCUT2D eigenvalue weighted by Gasteiger charge is 2.13. The van der Waals surface area contributed by atoms with Crippen molar-refractivity contribution in [2.24, 2.45) is 0 Å². The van der Waals surface area contributed by atoms with Crippen LogP contribution < -0.4 is 9.47 Å². The van der Waals surface area contributed by atoms with Gasteiger partial charge in [0.05, 0.1) is 36.6 Å². The summed E-state index contributed by atoms with van der Waals surface area (Å²) in [7, 11) is 3.29. The predicted octanol–water partition coefficient (Wildman–Crippen LogP) is 6.05. The molecule has 0 unspecified atom stereocenters. The second-order valence-corrected chi connectivity index (χ2v) is 8.40. The van der Waals surface area contributed by atoms with Gasteiger partial charge in [-0.2, -0.15) is 5.26 Å². The summed E-state index contributed by atoms with van der Waals surface area (Å²) in [4.78, 5) is 9.30. The SMILES string of the molecule is COc1ccc(OC)c(-c2csc(-c3ccnc(SCc4ccccc4C#N)c3)n2)c1. The molecule has 0 aliphatic heterocycles. The highest BCUT2D eigenvalue weighted by atomic mass is 32.2. The lowest BCUT2D eigenvalue weighted by atomic mass is 10.1. The number of ether oxygens (including phenoxy) is 2. The van der Waals surface area contributed by atoms with Crippen molar-refractivity contribution in [3.05, 3.63) is 77.3 Å². The third-order valence-corrected chi connectivity index (χ3v) is 6.55. The van der Waals surface area contributed by atoms with Crippen molar-refractivity contribution >= 4 is 23.1 Å². The zero-order chi connectivity index (χ0) is 21.6. The summed E-state index contributed by atoms with van der Waals surface area (Å²) in [6, 6.07) is 19.6. The summed E-state index contributed by atoms with van der Waals surface area (Å²) in [5, 5.41) is 13.1. The largest absolute Gasteiger partial charge is 0.497 e. The van der Waals surface area contributed by atoms with E-state index in [9.17, 15) is 5.26 Å². The molecule has 0 atom stereocenters. The highest BCUT2D eigenvalue weighted by Crippen LogP contribution is 2.36. The monoisotopic (exact) mass is 445 g/mol. The van der Waals surface area contributed by atoms with Gasteiger partial charge < -0.3 is 9.47 Å². The molecule has 0 N–H and O–H groups in total. The molecular formula is C24H19N3O2S2. The van der Waals surface area contributed by atoms with E-state index in [0.29, 0.717) is 11.3 Å². The molecule has 2 heterocycles. The maximum absolute atomic E-state index is 9.28. The molecule has 0 saturated heterocycles. The number of pyridine rings is 1. The normalized spacial score (nSPS) is 10.5. The maximum atomic E-state index is 9.28. The number of nitrogens with zero attached hydrogens (tertiary/aromatic N) is 3. The molecule has 0 aliphatic rings. The molecule has 31 heavy (non-hydrogen) atoms. The van der Waals surface area contributed by atoms with E-state index in [1.807, 2.05) is 60.0 Å². The van der Waals surface area contributed by atoms with Crippen LogP contribution >= 0.6 is 23.1 Å². The maximum Gasteiger partial charge on any atom is 0.128 e. The van der Waals surface area contributed by atoms with Crippen molar-refractivity contribution in [1.82, 2.24) is 9.97 Å². The summed E-state index contributed by atoms with van der Waals surface area (Å²) in [5.41, 5.74) is 4.43. The van der Waals surface area contributed by atoms with Gasteiger partial charge in [0.2, 0.25) is 0 Å². The average Bonchev–Trinajstić information content (AvgIpc) is 3.33. The highest BCUT2D eigenvalue weighted by molar-refractivity contribution is 7.98. The van der Waals surface area contributed by atoms with Gasteiger partial charge in [0, 0.05) is 28.5 Å². The Labute approximate surface area is 189 Å². The fourth-order valence-electron chi connectivity index (χ4n) is 3.07. The predicted molar refractivity (Wildman–Crippen MR) is 125 cm³/mol. The van der Waals surface area contributed by atoms with E-state index in [1.165, 1.54) is 0 Å². The van der Waals surface area contributed by atoms with Crippen LogP contribution in [0, 0.1) is 11.3 Å². The molecule has 2 aromatic carbocycles. The van der Waals surface area contributed by atoms with E-state index in [2.05, 4.69) is 11.1 Å². The fraction of sp³-hybridized carbons (Fsp3) is 0.125. The Morgan fingerprint density at radius 2 is 1.94 bits per heavy atom.